The number of halogens is 1. The lowest BCUT2D eigenvalue weighted by Crippen LogP contribution is -2.56. The van der Waals surface area contributed by atoms with Gasteiger partial charge in [0.1, 0.15) is 0 Å². The summed E-state index contributed by atoms with van der Waals surface area (Å²) < 4.78 is 5.40. The number of likely N-dealkylation sites (N-methyl/N-ethyl adjacent to an activating group) is 1. The molecule has 1 aromatic carbocycles. The Hall–Kier alpha value is -2.88. The van der Waals surface area contributed by atoms with Gasteiger partial charge in [-0.15, -0.1) is 11.3 Å². The van der Waals surface area contributed by atoms with Gasteiger partial charge >= 0.3 is 12.0 Å². The van der Waals surface area contributed by atoms with E-state index >= 15 is 0 Å². The molecule has 0 saturated carbocycles. The third kappa shape index (κ3) is 5.22. The Labute approximate surface area is 214 Å². The van der Waals surface area contributed by atoms with E-state index in [-0.39, 0.29) is 24.6 Å². The van der Waals surface area contributed by atoms with E-state index in [2.05, 4.69) is 10.2 Å². The maximum atomic E-state index is 13.2. The lowest BCUT2D eigenvalue weighted by molar-refractivity contribution is -0.139. The summed E-state index contributed by atoms with van der Waals surface area (Å²) in [4.78, 5) is 45.2. The number of benzene rings is 1. The van der Waals surface area contributed by atoms with Crippen LogP contribution in [0.3, 0.4) is 0 Å². The lowest BCUT2D eigenvalue weighted by atomic mass is 9.94. The number of hydrogen-bond acceptors (Lipinski definition) is 6. The molecule has 0 bridgehead atoms. The number of carbonyl (C=O) groups excluding carboxylic acids is 3. The van der Waals surface area contributed by atoms with Crippen LogP contribution < -0.4 is 5.32 Å². The predicted octanol–water partition coefficient (Wildman–Crippen LogP) is 3.76. The number of ether oxygens (including phenoxy) is 1. The SMILES string of the molecule is CCOC(=O)C1=C(CN2CCN(C(=O)c3cccs3)[C@H](C)C2)N(C)C(=O)N[C@H]1c1ccccc1Cl. The zero-order valence-corrected chi connectivity index (χ0v) is 21.6. The number of thiophene rings is 1. The van der Waals surface area contributed by atoms with Crippen molar-refractivity contribution in [1.29, 1.82) is 0 Å². The summed E-state index contributed by atoms with van der Waals surface area (Å²) in [5.41, 5.74) is 1.57. The van der Waals surface area contributed by atoms with E-state index < -0.39 is 12.0 Å². The molecule has 2 aromatic rings. The maximum absolute atomic E-state index is 13.2. The van der Waals surface area contributed by atoms with Gasteiger partial charge in [-0.25, -0.2) is 9.59 Å². The van der Waals surface area contributed by atoms with Crippen LogP contribution in [0.1, 0.15) is 35.1 Å². The molecule has 0 spiro atoms. The minimum Gasteiger partial charge on any atom is -0.463 e. The van der Waals surface area contributed by atoms with Gasteiger partial charge in [-0.2, -0.15) is 0 Å². The third-order valence-corrected chi connectivity index (χ3v) is 7.57. The molecule has 186 valence electrons. The van der Waals surface area contributed by atoms with E-state index in [1.54, 1.807) is 32.2 Å². The van der Waals surface area contributed by atoms with Crippen LogP contribution in [0.4, 0.5) is 4.79 Å². The van der Waals surface area contributed by atoms with Gasteiger partial charge in [0.15, 0.2) is 0 Å². The number of nitrogens with zero attached hydrogens (tertiary/aromatic N) is 3. The molecule has 1 N–H and O–H groups in total. The van der Waals surface area contributed by atoms with E-state index in [0.717, 1.165) is 4.88 Å². The molecular formula is C25H29ClN4O4S. The first kappa shape index (κ1) is 25.2. The topological polar surface area (TPSA) is 82.2 Å². The number of nitrogens with one attached hydrogen (secondary N) is 1. The number of urea groups is 1. The number of rotatable bonds is 6. The lowest BCUT2D eigenvalue weighted by Gasteiger charge is -2.42. The van der Waals surface area contributed by atoms with Crippen LogP contribution >= 0.6 is 22.9 Å². The van der Waals surface area contributed by atoms with Gasteiger partial charge in [-0.05, 0) is 36.9 Å². The highest BCUT2D eigenvalue weighted by Gasteiger charge is 2.39. The van der Waals surface area contributed by atoms with Crippen molar-refractivity contribution >= 4 is 40.8 Å². The maximum Gasteiger partial charge on any atom is 0.338 e. The first-order valence-electron chi connectivity index (χ1n) is 11.6. The summed E-state index contributed by atoms with van der Waals surface area (Å²) in [7, 11) is 1.65. The molecule has 3 amide bonds. The summed E-state index contributed by atoms with van der Waals surface area (Å²) in [6.45, 7) is 6.13. The average Bonchev–Trinajstić information content (AvgIpc) is 3.37. The largest absolute Gasteiger partial charge is 0.463 e. The fraction of sp³-hybridized carbons (Fsp3) is 0.400. The molecule has 3 heterocycles. The zero-order valence-electron chi connectivity index (χ0n) is 20.0. The Morgan fingerprint density at radius 2 is 1.97 bits per heavy atom. The second-order valence-corrected chi connectivity index (χ2v) is 9.96. The van der Waals surface area contributed by atoms with Gasteiger partial charge in [0.05, 0.1) is 23.1 Å². The molecule has 35 heavy (non-hydrogen) atoms. The molecular weight excluding hydrogens is 488 g/mol. The van der Waals surface area contributed by atoms with Crippen molar-refractivity contribution in [3.63, 3.8) is 0 Å². The minimum absolute atomic E-state index is 0.0212. The van der Waals surface area contributed by atoms with Gasteiger partial charge < -0.3 is 15.0 Å². The number of carbonyl (C=O) groups is 3. The first-order valence-corrected chi connectivity index (χ1v) is 12.8. The molecule has 2 atom stereocenters. The van der Waals surface area contributed by atoms with E-state index in [9.17, 15) is 14.4 Å². The standard InChI is InChI=1S/C25H29ClN4O4S/c1-4-34-24(32)21-19(28(3)25(33)27-22(21)17-8-5-6-9-18(17)26)15-29-11-12-30(16(2)14-29)23(31)20-10-7-13-35-20/h5-10,13,16,22H,4,11-12,14-15H2,1-3H3,(H,27,33)/t16-,22+/m1/s1. The molecule has 1 fully saturated rings. The molecule has 2 aliphatic rings. The molecule has 0 radical (unpaired) electrons. The summed E-state index contributed by atoms with van der Waals surface area (Å²) >= 11 is 7.89. The Balaban J connectivity index is 1.62. The Morgan fingerprint density at radius 3 is 2.63 bits per heavy atom. The zero-order chi connectivity index (χ0) is 25.1. The van der Waals surface area contributed by atoms with Crippen molar-refractivity contribution in [3.05, 3.63) is 68.5 Å². The van der Waals surface area contributed by atoms with Gasteiger partial charge in [-0.1, -0.05) is 35.9 Å². The second kappa shape index (κ2) is 10.8. The van der Waals surface area contributed by atoms with Crippen molar-refractivity contribution in [2.45, 2.75) is 25.9 Å². The van der Waals surface area contributed by atoms with Gasteiger partial charge in [0.25, 0.3) is 5.91 Å². The molecule has 1 saturated heterocycles. The van der Waals surface area contributed by atoms with Crippen LogP contribution in [0, 0.1) is 0 Å². The number of esters is 1. The van der Waals surface area contributed by atoms with Crippen LogP contribution in [0.2, 0.25) is 5.02 Å². The van der Waals surface area contributed by atoms with Crippen LogP contribution in [0.5, 0.6) is 0 Å². The van der Waals surface area contributed by atoms with Crippen LogP contribution in [-0.4, -0.2) is 78.5 Å². The minimum atomic E-state index is -0.722. The Kier molecular flexibility index (Phi) is 7.78. The van der Waals surface area contributed by atoms with Crippen LogP contribution in [0.25, 0.3) is 0 Å². The quantitative estimate of drug-likeness (QED) is 0.591. The van der Waals surface area contributed by atoms with Crippen LogP contribution in [0.15, 0.2) is 53.0 Å². The normalized spacial score (nSPS) is 21.2. The molecule has 1 aromatic heterocycles. The summed E-state index contributed by atoms with van der Waals surface area (Å²) in [6, 6.07) is 9.80. The van der Waals surface area contributed by atoms with Crippen molar-refractivity contribution < 1.29 is 19.1 Å². The van der Waals surface area contributed by atoms with Gasteiger partial charge in [0.2, 0.25) is 0 Å². The fourth-order valence-corrected chi connectivity index (χ4v) is 5.50. The fourth-order valence-electron chi connectivity index (χ4n) is 4.57. The third-order valence-electron chi connectivity index (χ3n) is 6.37. The number of hydrogen-bond donors (Lipinski definition) is 1. The van der Waals surface area contributed by atoms with Crippen LogP contribution in [-0.2, 0) is 9.53 Å². The van der Waals surface area contributed by atoms with Crippen molar-refractivity contribution in [2.75, 3.05) is 39.8 Å². The monoisotopic (exact) mass is 516 g/mol. The van der Waals surface area contributed by atoms with E-state index in [1.165, 1.54) is 16.2 Å². The Bertz CT molecular complexity index is 1140. The Morgan fingerprint density at radius 1 is 1.20 bits per heavy atom. The molecule has 0 aliphatic carbocycles. The van der Waals surface area contributed by atoms with E-state index in [0.29, 0.717) is 48.0 Å². The summed E-state index contributed by atoms with van der Waals surface area (Å²) in [5.74, 6) is -0.453. The molecule has 8 nitrogen and oxygen atoms in total. The molecule has 2 aliphatic heterocycles. The van der Waals surface area contributed by atoms with Crippen molar-refractivity contribution in [2.24, 2.45) is 0 Å². The first-order chi connectivity index (χ1) is 16.8. The average molecular weight is 517 g/mol. The second-order valence-electron chi connectivity index (χ2n) is 8.60. The molecule has 10 heteroatoms. The van der Waals surface area contributed by atoms with Crippen molar-refractivity contribution in [3.8, 4) is 0 Å². The molecule has 0 unspecified atom stereocenters. The van der Waals surface area contributed by atoms with E-state index in [1.807, 2.05) is 35.4 Å². The van der Waals surface area contributed by atoms with Crippen molar-refractivity contribution in [1.82, 2.24) is 20.0 Å². The van der Waals surface area contributed by atoms with Gasteiger partial charge in [-0.3, -0.25) is 14.6 Å². The highest BCUT2D eigenvalue weighted by molar-refractivity contribution is 7.12. The van der Waals surface area contributed by atoms with Gasteiger partial charge in [0, 0.05) is 50.0 Å². The smallest absolute Gasteiger partial charge is 0.338 e. The highest BCUT2D eigenvalue weighted by Crippen LogP contribution is 2.35. The molecule has 4 rings (SSSR count). The number of piperazine rings is 1. The predicted molar refractivity (Wildman–Crippen MR) is 135 cm³/mol. The van der Waals surface area contributed by atoms with E-state index in [4.69, 9.17) is 16.3 Å². The summed E-state index contributed by atoms with van der Waals surface area (Å²) in [5, 5.41) is 5.26. The number of amides is 3. The summed E-state index contributed by atoms with van der Waals surface area (Å²) in [6.07, 6.45) is 0. The highest BCUT2D eigenvalue weighted by atomic mass is 35.5.